The van der Waals surface area contributed by atoms with Crippen molar-refractivity contribution < 1.29 is 14.0 Å². The number of rotatable bonds is 5. The van der Waals surface area contributed by atoms with Gasteiger partial charge in [-0.05, 0) is 26.8 Å². The predicted octanol–water partition coefficient (Wildman–Crippen LogP) is 0.634. The van der Waals surface area contributed by atoms with E-state index >= 15 is 0 Å². The maximum Gasteiger partial charge on any atom is 0.102 e. The topological polar surface area (TPSA) is 38.7 Å². The Balaban J connectivity index is 3.12. The summed E-state index contributed by atoms with van der Waals surface area (Å²) >= 11 is 3.49. The second-order valence-corrected chi connectivity index (χ2v) is 2.59. The monoisotopic (exact) mass is 166 g/mol. The van der Waals surface area contributed by atoms with Crippen LogP contribution in [0.25, 0.3) is 0 Å². The van der Waals surface area contributed by atoms with E-state index in [1.165, 1.54) is 0 Å². The van der Waals surface area contributed by atoms with E-state index in [0.29, 0.717) is 6.61 Å². The van der Waals surface area contributed by atoms with Gasteiger partial charge < -0.3 is 14.0 Å². The van der Waals surface area contributed by atoms with Crippen molar-refractivity contribution in [3.63, 3.8) is 0 Å². The Morgan fingerprint density at radius 2 is 2.00 bits per heavy atom. The van der Waals surface area contributed by atoms with Crippen LogP contribution in [-0.4, -0.2) is 30.5 Å². The van der Waals surface area contributed by atoms with E-state index < -0.39 is 6.10 Å². The largest absolute Gasteiger partial charge is 0.388 e. The van der Waals surface area contributed by atoms with E-state index in [1.54, 1.807) is 0 Å². The van der Waals surface area contributed by atoms with E-state index in [2.05, 4.69) is 17.1 Å². The molecule has 4 heteroatoms. The highest BCUT2D eigenvalue weighted by Gasteiger charge is 2.03. The van der Waals surface area contributed by atoms with Crippen molar-refractivity contribution in [2.24, 2.45) is 0 Å². The van der Waals surface area contributed by atoms with E-state index in [1.807, 2.05) is 13.8 Å². The predicted molar refractivity (Wildman–Crippen MR) is 42.0 cm³/mol. The Bertz CT molecular complexity index is 77.4. The van der Waals surface area contributed by atoms with Crippen LogP contribution in [0.15, 0.2) is 0 Å². The molecule has 0 heterocycles. The van der Waals surface area contributed by atoms with Gasteiger partial charge in [-0.15, -0.1) is 0 Å². The summed E-state index contributed by atoms with van der Waals surface area (Å²) in [6, 6.07) is 0. The third-order valence-electron chi connectivity index (χ3n) is 0.889. The third kappa shape index (κ3) is 6.35. The molecule has 0 bridgehead atoms. The molecule has 0 radical (unpaired) electrons. The van der Waals surface area contributed by atoms with Crippen molar-refractivity contribution in [3.8, 4) is 0 Å². The van der Waals surface area contributed by atoms with Crippen molar-refractivity contribution in [2.45, 2.75) is 26.1 Å². The zero-order valence-corrected chi connectivity index (χ0v) is 7.17. The van der Waals surface area contributed by atoms with Gasteiger partial charge in [0.1, 0.15) is 6.10 Å². The molecular weight excluding hydrogens is 152 g/mol. The highest BCUT2D eigenvalue weighted by molar-refractivity contribution is 7.75. The summed E-state index contributed by atoms with van der Waals surface area (Å²) in [5.41, 5.74) is 0. The molecule has 62 valence electrons. The van der Waals surface area contributed by atoms with Crippen LogP contribution in [0.5, 0.6) is 0 Å². The smallest absolute Gasteiger partial charge is 0.102 e. The van der Waals surface area contributed by atoms with E-state index in [-0.39, 0.29) is 12.7 Å². The second-order valence-electron chi connectivity index (χ2n) is 2.33. The molecule has 0 aliphatic rings. The highest BCUT2D eigenvalue weighted by atomic mass is 32.1. The van der Waals surface area contributed by atoms with Gasteiger partial charge in [-0.2, -0.15) is 0 Å². The van der Waals surface area contributed by atoms with Crippen molar-refractivity contribution in [3.05, 3.63) is 0 Å². The van der Waals surface area contributed by atoms with Crippen LogP contribution >= 0.6 is 12.9 Å². The average molecular weight is 166 g/mol. The zero-order valence-electron chi connectivity index (χ0n) is 6.28. The Morgan fingerprint density at radius 3 is 2.40 bits per heavy atom. The van der Waals surface area contributed by atoms with Gasteiger partial charge in [-0.3, -0.25) is 0 Å². The lowest BCUT2D eigenvalue weighted by Crippen LogP contribution is -2.22. The van der Waals surface area contributed by atoms with E-state index in [0.717, 1.165) is 0 Å². The molecule has 0 aromatic carbocycles. The first kappa shape index (κ1) is 10.2. The minimum Gasteiger partial charge on any atom is -0.388 e. The van der Waals surface area contributed by atoms with Gasteiger partial charge >= 0.3 is 0 Å². The molecule has 1 atom stereocenters. The van der Waals surface area contributed by atoms with Gasteiger partial charge in [0.15, 0.2) is 0 Å². The maximum absolute atomic E-state index is 9.00. The normalized spacial score (nSPS) is 14.1. The number of aliphatic hydroxyl groups is 1. The minimum atomic E-state index is -0.570. The van der Waals surface area contributed by atoms with Crippen LogP contribution in [0.2, 0.25) is 0 Å². The molecule has 0 rings (SSSR count). The van der Waals surface area contributed by atoms with Crippen molar-refractivity contribution in [1.29, 1.82) is 0 Å². The van der Waals surface area contributed by atoms with Crippen molar-refractivity contribution in [2.75, 3.05) is 13.2 Å². The molecule has 0 aliphatic carbocycles. The van der Waals surface area contributed by atoms with Crippen LogP contribution in [0.4, 0.5) is 0 Å². The zero-order chi connectivity index (χ0) is 7.98. The van der Waals surface area contributed by atoms with E-state index in [9.17, 15) is 0 Å². The molecule has 0 amide bonds. The SMILES string of the molecule is CC(C)OCC(O)COS. The third-order valence-corrected chi connectivity index (χ3v) is 1.04. The molecule has 1 N–H and O–H groups in total. The lowest BCUT2D eigenvalue weighted by Gasteiger charge is -2.11. The number of hydrogen-bond acceptors (Lipinski definition) is 4. The second kappa shape index (κ2) is 5.97. The molecule has 0 saturated carbocycles. The number of ether oxygens (including phenoxy) is 1. The molecule has 0 saturated heterocycles. The maximum atomic E-state index is 9.00. The molecule has 10 heavy (non-hydrogen) atoms. The summed E-state index contributed by atoms with van der Waals surface area (Å²) < 4.78 is 9.49. The first-order valence-corrected chi connectivity index (χ1v) is 3.59. The molecule has 0 aliphatic heterocycles. The van der Waals surface area contributed by atoms with E-state index in [4.69, 9.17) is 9.84 Å². The summed E-state index contributed by atoms with van der Waals surface area (Å²) in [5.74, 6) is 0. The average Bonchev–Trinajstić information content (AvgIpc) is 1.85. The number of aliphatic hydroxyl groups excluding tert-OH is 1. The molecule has 0 aromatic rings. The molecule has 0 spiro atoms. The van der Waals surface area contributed by atoms with Crippen LogP contribution < -0.4 is 0 Å². The fourth-order valence-corrected chi connectivity index (χ4v) is 0.610. The Labute approximate surface area is 66.9 Å². The van der Waals surface area contributed by atoms with Crippen LogP contribution in [0.3, 0.4) is 0 Å². The lowest BCUT2D eigenvalue weighted by atomic mass is 10.4. The van der Waals surface area contributed by atoms with Crippen molar-refractivity contribution in [1.82, 2.24) is 0 Å². The fraction of sp³-hybridized carbons (Fsp3) is 1.00. The van der Waals surface area contributed by atoms with Gasteiger partial charge in [0.25, 0.3) is 0 Å². The minimum absolute atomic E-state index is 0.148. The van der Waals surface area contributed by atoms with Gasteiger partial charge in [-0.25, -0.2) is 0 Å². The first-order chi connectivity index (χ1) is 4.66. The number of thiol groups is 1. The fourth-order valence-electron chi connectivity index (χ4n) is 0.438. The van der Waals surface area contributed by atoms with Crippen molar-refractivity contribution >= 4 is 12.9 Å². The van der Waals surface area contributed by atoms with Crippen LogP contribution in [0, 0.1) is 0 Å². The number of hydrogen-bond donors (Lipinski definition) is 2. The Kier molecular flexibility index (Phi) is 6.11. The Morgan fingerprint density at radius 1 is 1.40 bits per heavy atom. The van der Waals surface area contributed by atoms with Crippen LogP contribution in [0.1, 0.15) is 13.8 Å². The van der Waals surface area contributed by atoms with Crippen LogP contribution in [-0.2, 0) is 8.92 Å². The summed E-state index contributed by atoms with van der Waals surface area (Å²) in [4.78, 5) is 0. The molecular formula is C6H14O3S. The molecule has 3 nitrogen and oxygen atoms in total. The summed E-state index contributed by atoms with van der Waals surface area (Å²) in [7, 11) is 0. The summed E-state index contributed by atoms with van der Waals surface area (Å²) in [5, 5.41) is 9.00. The standard InChI is InChI=1S/C6H14O3S/c1-5(2)8-3-6(7)4-9-10/h5-7,10H,3-4H2,1-2H3. The lowest BCUT2D eigenvalue weighted by molar-refractivity contribution is -0.00902. The highest BCUT2D eigenvalue weighted by Crippen LogP contribution is 1.93. The summed E-state index contributed by atoms with van der Waals surface area (Å²) in [6.45, 7) is 4.33. The quantitative estimate of drug-likeness (QED) is 0.465. The molecule has 0 aromatic heterocycles. The molecule has 1 unspecified atom stereocenters. The van der Waals surface area contributed by atoms with Gasteiger partial charge in [-0.1, -0.05) is 0 Å². The molecule has 0 fully saturated rings. The Hall–Kier alpha value is 0.230. The van der Waals surface area contributed by atoms with Gasteiger partial charge in [0.2, 0.25) is 0 Å². The van der Waals surface area contributed by atoms with Gasteiger partial charge in [0.05, 0.1) is 19.3 Å². The van der Waals surface area contributed by atoms with Gasteiger partial charge in [0, 0.05) is 0 Å². The first-order valence-electron chi connectivity index (χ1n) is 3.23. The summed E-state index contributed by atoms with van der Waals surface area (Å²) in [6.07, 6.45) is -0.422.